The van der Waals surface area contributed by atoms with Gasteiger partial charge >= 0.3 is 12.2 Å². The molecule has 0 radical (unpaired) electrons. The van der Waals surface area contributed by atoms with Crippen LogP contribution in [0, 0.1) is 0 Å². The summed E-state index contributed by atoms with van der Waals surface area (Å²) >= 11 is 1.28. The number of phenolic OH excluding ortho intramolecular Hbond substituents is 1. The van der Waals surface area contributed by atoms with Crippen molar-refractivity contribution in [3.05, 3.63) is 54.5 Å². The highest BCUT2D eigenvalue weighted by Gasteiger charge is 2.50. The minimum atomic E-state index is -4.54. The number of alkyl halides is 3. The van der Waals surface area contributed by atoms with Crippen molar-refractivity contribution in [2.75, 3.05) is 17.7 Å². The Morgan fingerprint density at radius 3 is 2.61 bits per heavy atom. The van der Waals surface area contributed by atoms with E-state index in [1.54, 1.807) is 30.3 Å². The topological polar surface area (TPSA) is 122 Å². The molecule has 2 aromatic heterocycles. The molecule has 0 bridgehead atoms. The van der Waals surface area contributed by atoms with Gasteiger partial charge in [-0.3, -0.25) is 5.32 Å². The first-order valence-electron chi connectivity index (χ1n) is 10.4. The van der Waals surface area contributed by atoms with Gasteiger partial charge in [0.15, 0.2) is 11.5 Å². The van der Waals surface area contributed by atoms with E-state index in [1.807, 2.05) is 0 Å². The molecule has 2 amide bonds. The van der Waals surface area contributed by atoms with E-state index in [0.29, 0.717) is 21.6 Å². The number of urea groups is 1. The van der Waals surface area contributed by atoms with E-state index in [1.165, 1.54) is 31.3 Å². The zero-order chi connectivity index (χ0) is 26.1. The van der Waals surface area contributed by atoms with Crippen LogP contribution in [0.15, 0.2) is 63.2 Å². The molecule has 9 nitrogen and oxygen atoms in total. The Morgan fingerprint density at radius 2 is 1.89 bits per heavy atom. The Kier molecular flexibility index (Phi) is 6.67. The predicted molar refractivity (Wildman–Crippen MR) is 127 cm³/mol. The van der Waals surface area contributed by atoms with E-state index in [2.05, 4.69) is 25.8 Å². The summed E-state index contributed by atoms with van der Waals surface area (Å²) in [6, 6.07) is 10.2. The van der Waals surface area contributed by atoms with E-state index < -0.39 is 17.6 Å². The minimum Gasteiger partial charge on any atom is -0.504 e. The first-order valence-corrected chi connectivity index (χ1v) is 11.2. The normalized spacial score (nSPS) is 11.9. The van der Waals surface area contributed by atoms with Gasteiger partial charge in [0.05, 0.1) is 12.6 Å². The number of carbonyl (C=O) groups is 1. The number of aromatic nitrogens is 3. The second kappa shape index (κ2) is 9.57. The van der Waals surface area contributed by atoms with Gasteiger partial charge in [0.2, 0.25) is 5.88 Å². The first kappa shape index (κ1) is 25.1. The standard InChI is InChI=1S/C23H20F3N5O4S/c1-22(2,23(24,25)26)18-10-19(35-31-18)30-21(33)29-12-5-4-6-13(7-12)36-20-14-8-16(32)17(34-3)9-15(14)27-11-28-20/h4-11,32H,1-3H3,(H2,29,30,33). The van der Waals surface area contributed by atoms with E-state index in [-0.39, 0.29) is 23.1 Å². The maximum absolute atomic E-state index is 13.2. The third-order valence-corrected chi connectivity index (χ3v) is 6.31. The van der Waals surface area contributed by atoms with Crippen molar-refractivity contribution in [3.63, 3.8) is 0 Å². The molecule has 188 valence electrons. The molecule has 0 spiro atoms. The lowest BCUT2D eigenvalue weighted by Crippen LogP contribution is -2.36. The molecular formula is C23H20F3N5O4S. The fourth-order valence-corrected chi connectivity index (χ4v) is 4.02. The number of hydrogen-bond acceptors (Lipinski definition) is 8. The van der Waals surface area contributed by atoms with Crippen LogP contribution < -0.4 is 15.4 Å². The fraction of sp³-hybridized carbons (Fsp3) is 0.217. The van der Waals surface area contributed by atoms with E-state index in [0.717, 1.165) is 24.8 Å². The minimum absolute atomic E-state index is 0.0528. The molecule has 0 aliphatic rings. The number of aromatic hydroxyl groups is 1. The van der Waals surface area contributed by atoms with Crippen molar-refractivity contribution >= 4 is 40.3 Å². The molecule has 0 atom stereocenters. The third-order valence-electron chi connectivity index (χ3n) is 5.30. The Bertz CT molecular complexity index is 1420. The van der Waals surface area contributed by atoms with Crippen LogP contribution in [-0.2, 0) is 5.41 Å². The highest BCUT2D eigenvalue weighted by molar-refractivity contribution is 7.99. The molecule has 0 unspecified atom stereocenters. The maximum Gasteiger partial charge on any atom is 0.399 e. The van der Waals surface area contributed by atoms with Gasteiger partial charge in [0.1, 0.15) is 22.5 Å². The van der Waals surface area contributed by atoms with Crippen LogP contribution in [0.5, 0.6) is 11.5 Å². The molecule has 4 aromatic rings. The lowest BCUT2D eigenvalue weighted by molar-refractivity contribution is -0.181. The number of rotatable bonds is 6. The van der Waals surface area contributed by atoms with E-state index in [9.17, 15) is 23.1 Å². The van der Waals surface area contributed by atoms with E-state index >= 15 is 0 Å². The van der Waals surface area contributed by atoms with Crippen molar-refractivity contribution in [1.82, 2.24) is 15.1 Å². The molecule has 13 heteroatoms. The van der Waals surface area contributed by atoms with Crippen LogP contribution in [0.4, 0.5) is 29.5 Å². The molecule has 2 heterocycles. The number of anilines is 2. The summed E-state index contributed by atoms with van der Waals surface area (Å²) in [5.74, 6) is 0.00573. The Labute approximate surface area is 207 Å². The second-order valence-corrected chi connectivity index (χ2v) is 9.19. The number of phenols is 1. The summed E-state index contributed by atoms with van der Waals surface area (Å²) in [7, 11) is 1.44. The van der Waals surface area contributed by atoms with Crippen molar-refractivity contribution in [2.24, 2.45) is 0 Å². The molecule has 0 fully saturated rings. The average molecular weight is 520 g/mol. The van der Waals surface area contributed by atoms with Gasteiger partial charge in [0, 0.05) is 28.1 Å². The van der Waals surface area contributed by atoms with Crippen LogP contribution >= 0.6 is 11.8 Å². The number of halogens is 3. The van der Waals surface area contributed by atoms with Crippen LogP contribution in [0.25, 0.3) is 10.9 Å². The number of carbonyl (C=O) groups excluding carboxylic acids is 1. The molecule has 0 saturated carbocycles. The van der Waals surface area contributed by atoms with Gasteiger partial charge in [-0.1, -0.05) is 23.0 Å². The van der Waals surface area contributed by atoms with Gasteiger partial charge in [-0.05, 0) is 38.1 Å². The zero-order valence-electron chi connectivity index (χ0n) is 19.2. The van der Waals surface area contributed by atoms with Gasteiger partial charge in [-0.2, -0.15) is 13.2 Å². The lowest BCUT2D eigenvalue weighted by Gasteiger charge is -2.24. The van der Waals surface area contributed by atoms with Crippen molar-refractivity contribution in [1.29, 1.82) is 0 Å². The molecule has 36 heavy (non-hydrogen) atoms. The number of fused-ring (bicyclic) bond motifs is 1. The van der Waals surface area contributed by atoms with Crippen molar-refractivity contribution < 1.29 is 32.3 Å². The van der Waals surface area contributed by atoms with Crippen molar-refractivity contribution in [2.45, 2.75) is 35.4 Å². The van der Waals surface area contributed by atoms with Gasteiger partial charge in [0.25, 0.3) is 0 Å². The number of ether oxygens (including phenoxy) is 1. The van der Waals surface area contributed by atoms with Gasteiger partial charge in [-0.15, -0.1) is 0 Å². The monoisotopic (exact) mass is 519 g/mol. The number of nitrogens with zero attached hydrogens (tertiary/aromatic N) is 3. The number of methoxy groups -OCH3 is 1. The maximum atomic E-state index is 13.2. The summed E-state index contributed by atoms with van der Waals surface area (Å²) in [6.45, 7) is 1.94. The molecule has 3 N–H and O–H groups in total. The Morgan fingerprint density at radius 1 is 1.11 bits per heavy atom. The number of nitrogens with one attached hydrogen (secondary N) is 2. The smallest absolute Gasteiger partial charge is 0.399 e. The molecule has 4 rings (SSSR count). The highest BCUT2D eigenvalue weighted by Crippen LogP contribution is 2.40. The summed E-state index contributed by atoms with van der Waals surface area (Å²) in [5, 5.41) is 19.7. The number of benzene rings is 2. The van der Waals surface area contributed by atoms with Crippen LogP contribution in [0.1, 0.15) is 19.5 Å². The van der Waals surface area contributed by atoms with Crippen molar-refractivity contribution in [3.8, 4) is 11.5 Å². The summed E-state index contributed by atoms with van der Waals surface area (Å²) < 4.78 is 49.6. The largest absolute Gasteiger partial charge is 0.504 e. The molecule has 0 aliphatic heterocycles. The number of amides is 2. The number of hydrogen-bond donors (Lipinski definition) is 3. The van der Waals surface area contributed by atoms with E-state index in [4.69, 9.17) is 9.26 Å². The fourth-order valence-electron chi connectivity index (χ4n) is 3.09. The van der Waals surface area contributed by atoms with Gasteiger partial charge in [-0.25, -0.2) is 14.8 Å². The highest BCUT2D eigenvalue weighted by atomic mass is 32.2. The third kappa shape index (κ3) is 5.15. The summed E-state index contributed by atoms with van der Waals surface area (Å²) in [4.78, 5) is 21.6. The summed E-state index contributed by atoms with van der Waals surface area (Å²) in [5.41, 5.74) is -1.61. The Balaban J connectivity index is 1.47. The van der Waals surface area contributed by atoms with Crippen LogP contribution in [-0.4, -0.2) is 39.5 Å². The lowest BCUT2D eigenvalue weighted by atomic mass is 9.89. The SMILES string of the molecule is COc1cc2ncnc(Sc3cccc(NC(=O)Nc4cc(C(C)(C)C(F)(F)F)no4)c3)c2cc1O. The first-order chi connectivity index (χ1) is 17.0. The van der Waals surface area contributed by atoms with Gasteiger partial charge < -0.3 is 19.7 Å². The second-order valence-electron chi connectivity index (χ2n) is 8.13. The average Bonchev–Trinajstić information content (AvgIpc) is 3.27. The summed E-state index contributed by atoms with van der Waals surface area (Å²) in [6.07, 6.45) is -3.15. The van der Waals surface area contributed by atoms with Crippen LogP contribution in [0.3, 0.4) is 0 Å². The Hall–Kier alpha value is -4.00. The molecular weight excluding hydrogens is 499 g/mol. The molecule has 0 saturated heterocycles. The van der Waals surface area contributed by atoms with Crippen LogP contribution in [0.2, 0.25) is 0 Å². The zero-order valence-corrected chi connectivity index (χ0v) is 20.0. The predicted octanol–water partition coefficient (Wildman–Crippen LogP) is 5.97. The molecule has 2 aromatic carbocycles. The quantitative estimate of drug-likeness (QED) is 0.267. The molecule has 0 aliphatic carbocycles.